The lowest BCUT2D eigenvalue weighted by molar-refractivity contribution is 0.111. The van der Waals surface area contributed by atoms with E-state index in [1.807, 2.05) is 22.7 Å². The lowest BCUT2D eigenvalue weighted by atomic mass is 10.1. The third-order valence-corrected chi connectivity index (χ3v) is 3.18. The molecule has 4 nitrogen and oxygen atoms in total. The lowest BCUT2D eigenvalue weighted by Crippen LogP contribution is -2.08. The van der Waals surface area contributed by atoms with Crippen molar-refractivity contribution in [2.24, 2.45) is 0 Å². The van der Waals surface area contributed by atoms with Gasteiger partial charge in [-0.3, -0.25) is 0 Å². The first-order chi connectivity index (χ1) is 8.36. The average molecular weight is 232 g/mol. The Morgan fingerprint density at radius 1 is 1.59 bits per heavy atom. The number of hydrogen-bond donors (Lipinski definition) is 0. The van der Waals surface area contributed by atoms with Gasteiger partial charge < -0.3 is 13.9 Å². The Kier molecular flexibility index (Phi) is 2.73. The van der Waals surface area contributed by atoms with Crippen molar-refractivity contribution < 1.29 is 9.47 Å². The second-order valence-electron chi connectivity index (χ2n) is 4.38. The summed E-state index contributed by atoms with van der Waals surface area (Å²) >= 11 is 0. The van der Waals surface area contributed by atoms with Crippen LogP contribution in [0.1, 0.15) is 18.5 Å². The highest BCUT2D eigenvalue weighted by Crippen LogP contribution is 2.21. The minimum absolute atomic E-state index is 0.339. The molecule has 3 rings (SSSR count). The molecule has 4 heteroatoms. The molecule has 0 aromatic carbocycles. The predicted molar refractivity (Wildman–Crippen MR) is 64.4 cm³/mol. The average Bonchev–Trinajstić information content (AvgIpc) is 2.97. The molecule has 1 atom stereocenters. The molecule has 0 saturated carbocycles. The Bertz CT molecular complexity index is 515. The quantitative estimate of drug-likeness (QED) is 0.812. The van der Waals surface area contributed by atoms with E-state index < -0.39 is 0 Å². The van der Waals surface area contributed by atoms with E-state index in [9.17, 15) is 0 Å². The summed E-state index contributed by atoms with van der Waals surface area (Å²) < 4.78 is 12.9. The van der Waals surface area contributed by atoms with Crippen molar-refractivity contribution in [3.05, 3.63) is 30.2 Å². The molecule has 1 unspecified atom stereocenters. The minimum Gasteiger partial charge on any atom is -0.493 e. The number of imidazole rings is 1. The fraction of sp³-hybridized carbons (Fsp3) is 0.462. The molecule has 2 aromatic heterocycles. The maximum absolute atomic E-state index is 5.63. The summed E-state index contributed by atoms with van der Waals surface area (Å²) in [4.78, 5) is 4.60. The Balaban J connectivity index is 1.90. The summed E-state index contributed by atoms with van der Waals surface area (Å²) in [5, 5.41) is 0. The largest absolute Gasteiger partial charge is 0.493 e. The molecule has 1 saturated heterocycles. The molecule has 17 heavy (non-hydrogen) atoms. The van der Waals surface area contributed by atoms with E-state index in [2.05, 4.69) is 11.2 Å². The normalized spacial score (nSPS) is 19.9. The minimum atomic E-state index is 0.339. The molecule has 90 valence electrons. The predicted octanol–water partition coefficient (Wildman–Crippen LogP) is 2.06. The van der Waals surface area contributed by atoms with E-state index in [0.717, 1.165) is 36.5 Å². The third-order valence-electron chi connectivity index (χ3n) is 3.18. The van der Waals surface area contributed by atoms with Crippen molar-refractivity contribution >= 4 is 5.65 Å². The number of ether oxygens (including phenoxy) is 2. The highest BCUT2D eigenvalue weighted by Gasteiger charge is 2.17. The molecule has 1 aliphatic rings. The standard InChI is InChI=1S/C13H16N2O2/c1-16-12-5-2-6-15-9-10(14-13(12)15)8-11-4-3-7-17-11/h2,5-6,9,11H,3-4,7-8H2,1H3. The molecule has 0 N–H and O–H groups in total. The van der Waals surface area contributed by atoms with Crippen molar-refractivity contribution in [2.45, 2.75) is 25.4 Å². The zero-order valence-electron chi connectivity index (χ0n) is 9.93. The van der Waals surface area contributed by atoms with Gasteiger partial charge in [-0.2, -0.15) is 0 Å². The van der Waals surface area contributed by atoms with Crippen LogP contribution in [0.2, 0.25) is 0 Å². The van der Waals surface area contributed by atoms with Gasteiger partial charge in [-0.15, -0.1) is 0 Å². The van der Waals surface area contributed by atoms with Crippen LogP contribution in [0.4, 0.5) is 0 Å². The number of hydrogen-bond acceptors (Lipinski definition) is 3. The molecule has 3 heterocycles. The molecular weight excluding hydrogens is 216 g/mol. The zero-order valence-corrected chi connectivity index (χ0v) is 9.93. The van der Waals surface area contributed by atoms with Gasteiger partial charge in [-0.25, -0.2) is 4.98 Å². The fourth-order valence-corrected chi connectivity index (χ4v) is 2.33. The van der Waals surface area contributed by atoms with Gasteiger partial charge in [0.15, 0.2) is 11.4 Å². The second-order valence-corrected chi connectivity index (χ2v) is 4.38. The number of pyridine rings is 1. The van der Waals surface area contributed by atoms with Gasteiger partial charge in [-0.1, -0.05) is 0 Å². The second kappa shape index (κ2) is 4.37. The number of methoxy groups -OCH3 is 1. The van der Waals surface area contributed by atoms with Crippen molar-refractivity contribution in [1.82, 2.24) is 9.38 Å². The van der Waals surface area contributed by atoms with Crippen molar-refractivity contribution in [3.8, 4) is 5.75 Å². The first kappa shape index (κ1) is 10.6. The summed E-state index contributed by atoms with van der Waals surface area (Å²) in [6.45, 7) is 0.890. The van der Waals surface area contributed by atoms with Crippen molar-refractivity contribution in [2.75, 3.05) is 13.7 Å². The van der Waals surface area contributed by atoms with Gasteiger partial charge >= 0.3 is 0 Å². The van der Waals surface area contributed by atoms with Crippen LogP contribution >= 0.6 is 0 Å². The van der Waals surface area contributed by atoms with Gasteiger partial charge in [0, 0.05) is 25.4 Å². The van der Waals surface area contributed by atoms with E-state index in [-0.39, 0.29) is 0 Å². The Morgan fingerprint density at radius 2 is 2.53 bits per heavy atom. The summed E-state index contributed by atoms with van der Waals surface area (Å²) in [7, 11) is 1.67. The molecule has 0 aliphatic carbocycles. The first-order valence-corrected chi connectivity index (χ1v) is 5.99. The smallest absolute Gasteiger partial charge is 0.179 e. The van der Waals surface area contributed by atoms with Gasteiger partial charge in [0.1, 0.15) is 0 Å². The number of nitrogens with zero attached hydrogens (tertiary/aromatic N) is 2. The summed E-state index contributed by atoms with van der Waals surface area (Å²) in [5.41, 5.74) is 1.95. The van der Waals surface area contributed by atoms with Crippen LogP contribution in [-0.2, 0) is 11.2 Å². The lowest BCUT2D eigenvalue weighted by Gasteiger charge is -2.05. The molecule has 0 amide bonds. The summed E-state index contributed by atoms with van der Waals surface area (Å²) in [6.07, 6.45) is 7.59. The van der Waals surface area contributed by atoms with Crippen LogP contribution in [0.25, 0.3) is 5.65 Å². The molecule has 2 aromatic rings. The zero-order chi connectivity index (χ0) is 11.7. The molecule has 0 spiro atoms. The van der Waals surface area contributed by atoms with Gasteiger partial charge in [0.05, 0.1) is 18.9 Å². The van der Waals surface area contributed by atoms with Crippen molar-refractivity contribution in [3.63, 3.8) is 0 Å². The molecule has 1 aliphatic heterocycles. The van der Waals surface area contributed by atoms with E-state index >= 15 is 0 Å². The topological polar surface area (TPSA) is 35.8 Å². The van der Waals surface area contributed by atoms with Crippen LogP contribution in [0.5, 0.6) is 5.75 Å². The monoisotopic (exact) mass is 232 g/mol. The highest BCUT2D eigenvalue weighted by molar-refractivity contribution is 5.54. The number of fused-ring (bicyclic) bond motifs is 1. The van der Waals surface area contributed by atoms with Crippen LogP contribution in [0, 0.1) is 0 Å². The number of aromatic nitrogens is 2. The Labute approximate surface area is 100 Å². The molecule has 0 bridgehead atoms. The first-order valence-electron chi connectivity index (χ1n) is 5.99. The Hall–Kier alpha value is -1.55. The van der Waals surface area contributed by atoms with Gasteiger partial charge in [0.2, 0.25) is 0 Å². The SMILES string of the molecule is COc1cccn2cc(CC3CCCO3)nc12. The molecule has 1 fully saturated rings. The van der Waals surface area contributed by atoms with E-state index in [0.29, 0.717) is 6.10 Å². The molecular formula is C13H16N2O2. The van der Waals surface area contributed by atoms with E-state index in [1.165, 1.54) is 6.42 Å². The fourth-order valence-electron chi connectivity index (χ4n) is 2.33. The van der Waals surface area contributed by atoms with Crippen LogP contribution in [0.15, 0.2) is 24.5 Å². The van der Waals surface area contributed by atoms with Crippen molar-refractivity contribution in [1.29, 1.82) is 0 Å². The highest BCUT2D eigenvalue weighted by atomic mass is 16.5. The van der Waals surface area contributed by atoms with E-state index in [4.69, 9.17) is 9.47 Å². The maximum Gasteiger partial charge on any atom is 0.179 e. The van der Waals surface area contributed by atoms with Gasteiger partial charge in [-0.05, 0) is 25.0 Å². The number of rotatable bonds is 3. The maximum atomic E-state index is 5.63. The van der Waals surface area contributed by atoms with Crippen LogP contribution < -0.4 is 4.74 Å². The summed E-state index contributed by atoms with van der Waals surface area (Å²) in [5.74, 6) is 0.811. The van der Waals surface area contributed by atoms with Crippen LogP contribution in [-0.4, -0.2) is 29.2 Å². The summed E-state index contributed by atoms with van der Waals surface area (Å²) in [6, 6.07) is 3.89. The van der Waals surface area contributed by atoms with Gasteiger partial charge in [0.25, 0.3) is 0 Å². The van der Waals surface area contributed by atoms with E-state index in [1.54, 1.807) is 7.11 Å². The Morgan fingerprint density at radius 3 is 3.29 bits per heavy atom. The third kappa shape index (κ3) is 2.00. The van der Waals surface area contributed by atoms with Crippen LogP contribution in [0.3, 0.4) is 0 Å². The molecule has 0 radical (unpaired) electrons.